The third kappa shape index (κ3) is 4.81. The van der Waals surface area contributed by atoms with Gasteiger partial charge in [-0.15, -0.1) is 0 Å². The Balaban J connectivity index is 1.84. The van der Waals surface area contributed by atoms with Crippen LogP contribution >= 0.6 is 0 Å². The summed E-state index contributed by atoms with van der Waals surface area (Å²) in [4.78, 5) is 12.3. The molecule has 0 heterocycles. The molecule has 21 heavy (non-hydrogen) atoms. The highest BCUT2D eigenvalue weighted by Gasteiger charge is 2.08. The lowest BCUT2D eigenvalue weighted by Gasteiger charge is -2.06. The van der Waals surface area contributed by atoms with Gasteiger partial charge in [0.15, 0.2) is 11.1 Å². The highest BCUT2D eigenvalue weighted by molar-refractivity contribution is 7.80. The van der Waals surface area contributed by atoms with Crippen molar-refractivity contribution in [3.8, 4) is 0 Å². The van der Waals surface area contributed by atoms with Crippen molar-refractivity contribution in [2.24, 2.45) is 0 Å². The van der Waals surface area contributed by atoms with E-state index >= 15 is 0 Å². The van der Waals surface area contributed by atoms with Crippen molar-refractivity contribution >= 4 is 22.7 Å². The molecule has 0 fully saturated rings. The molecule has 2 aromatic rings. The van der Waals surface area contributed by atoms with Gasteiger partial charge in [0.05, 0.1) is 4.90 Å². The molecule has 2 rings (SSSR count). The first-order chi connectivity index (χ1) is 10.0. The molecule has 0 spiro atoms. The van der Waals surface area contributed by atoms with Crippen molar-refractivity contribution in [3.05, 3.63) is 59.7 Å². The van der Waals surface area contributed by atoms with Gasteiger partial charge < -0.3 is 5.32 Å². The fraction of sp³-hybridized carbons (Fsp3) is 0.188. The van der Waals surface area contributed by atoms with E-state index in [1.54, 1.807) is 12.1 Å². The van der Waals surface area contributed by atoms with E-state index in [4.69, 9.17) is 4.18 Å². The molecule has 0 radical (unpaired) electrons. The molecule has 0 unspecified atom stereocenters. The van der Waals surface area contributed by atoms with E-state index in [2.05, 4.69) is 5.32 Å². The first-order valence-electron chi connectivity index (χ1n) is 6.53. The molecule has 0 aromatic heterocycles. The van der Waals surface area contributed by atoms with E-state index in [9.17, 15) is 9.00 Å². The number of carbonyl (C=O) groups excluding carboxylic acids is 1. The molecule has 5 heteroatoms. The van der Waals surface area contributed by atoms with Crippen molar-refractivity contribution in [1.29, 1.82) is 0 Å². The number of hydrogen-bond donors (Lipinski definition) is 1. The number of amides is 1. The SMILES string of the molecule is Cc1ccc(NC(=O)CO[S@@](=O)c2ccc(C)cc2)cc1. The lowest BCUT2D eigenvalue weighted by Crippen LogP contribution is -2.19. The van der Waals surface area contributed by atoms with Gasteiger partial charge in [0.2, 0.25) is 0 Å². The van der Waals surface area contributed by atoms with Gasteiger partial charge in [-0.1, -0.05) is 35.4 Å². The third-order valence-corrected chi connectivity index (χ3v) is 3.83. The summed E-state index contributed by atoms with van der Waals surface area (Å²) in [6.45, 7) is 3.66. The summed E-state index contributed by atoms with van der Waals surface area (Å²) in [7, 11) is 0. The zero-order valence-electron chi connectivity index (χ0n) is 12.0. The normalized spacial score (nSPS) is 11.9. The molecule has 0 bridgehead atoms. The average Bonchev–Trinajstić information content (AvgIpc) is 2.48. The molecule has 4 nitrogen and oxygen atoms in total. The van der Waals surface area contributed by atoms with Gasteiger partial charge in [0, 0.05) is 5.69 Å². The summed E-state index contributed by atoms with van der Waals surface area (Å²) >= 11 is -1.63. The quantitative estimate of drug-likeness (QED) is 0.924. The third-order valence-electron chi connectivity index (χ3n) is 2.85. The maximum Gasteiger partial charge on any atom is 0.251 e. The molecule has 0 aliphatic carbocycles. The van der Waals surface area contributed by atoms with Crippen molar-refractivity contribution < 1.29 is 13.2 Å². The van der Waals surface area contributed by atoms with E-state index in [-0.39, 0.29) is 12.5 Å². The van der Waals surface area contributed by atoms with Crippen LogP contribution in [-0.4, -0.2) is 16.7 Å². The molecule has 0 aliphatic rings. The molecule has 1 amide bonds. The summed E-state index contributed by atoms with van der Waals surface area (Å²) in [5.74, 6) is -0.334. The van der Waals surface area contributed by atoms with Gasteiger partial charge in [0.1, 0.15) is 6.61 Å². The minimum absolute atomic E-state index is 0.256. The predicted molar refractivity (Wildman–Crippen MR) is 83.3 cm³/mol. The van der Waals surface area contributed by atoms with E-state index in [0.717, 1.165) is 11.1 Å². The average molecular weight is 303 g/mol. The maximum absolute atomic E-state index is 11.9. The van der Waals surface area contributed by atoms with Crippen molar-refractivity contribution in [2.45, 2.75) is 18.7 Å². The minimum Gasteiger partial charge on any atom is -0.324 e. The molecular weight excluding hydrogens is 286 g/mol. The maximum atomic E-state index is 11.9. The molecule has 0 aliphatic heterocycles. The van der Waals surface area contributed by atoms with Crippen LogP contribution in [-0.2, 0) is 20.1 Å². The van der Waals surface area contributed by atoms with Gasteiger partial charge in [-0.05, 0) is 38.1 Å². The molecule has 1 atom stereocenters. The van der Waals surface area contributed by atoms with E-state index in [1.807, 2.05) is 50.2 Å². The molecule has 110 valence electrons. The van der Waals surface area contributed by atoms with Crippen LogP contribution in [0.1, 0.15) is 11.1 Å². The Hall–Kier alpha value is -1.98. The van der Waals surface area contributed by atoms with Crippen molar-refractivity contribution in [1.82, 2.24) is 0 Å². The predicted octanol–water partition coefficient (Wildman–Crippen LogP) is 2.98. The van der Waals surface area contributed by atoms with Crippen LogP contribution in [0.5, 0.6) is 0 Å². The zero-order chi connectivity index (χ0) is 15.2. The van der Waals surface area contributed by atoms with Crippen LogP contribution in [0.3, 0.4) is 0 Å². The van der Waals surface area contributed by atoms with E-state index in [1.165, 1.54) is 0 Å². The number of benzene rings is 2. The number of rotatable bonds is 5. The van der Waals surface area contributed by atoms with Crippen molar-refractivity contribution in [2.75, 3.05) is 11.9 Å². The second-order valence-corrected chi connectivity index (χ2v) is 5.90. The molecule has 0 saturated heterocycles. The van der Waals surface area contributed by atoms with Crippen molar-refractivity contribution in [3.63, 3.8) is 0 Å². The highest BCUT2D eigenvalue weighted by Crippen LogP contribution is 2.10. The summed E-state index contributed by atoms with van der Waals surface area (Å²) in [5, 5.41) is 2.69. The lowest BCUT2D eigenvalue weighted by molar-refractivity contribution is -0.117. The summed E-state index contributed by atoms with van der Waals surface area (Å²) in [6.07, 6.45) is 0. The Kier molecular flexibility index (Phi) is 5.25. The van der Waals surface area contributed by atoms with Gasteiger partial charge in [-0.3, -0.25) is 8.98 Å². The molecule has 0 saturated carbocycles. The fourth-order valence-corrected chi connectivity index (χ4v) is 2.37. The Morgan fingerprint density at radius 3 is 2.10 bits per heavy atom. The standard InChI is InChI=1S/C16H17NO3S/c1-12-3-7-14(8-4-12)17-16(18)11-20-21(19)15-9-5-13(2)6-10-15/h3-10H,11H2,1-2H3,(H,17,18)/t21-/m1/s1. The fourth-order valence-electron chi connectivity index (χ4n) is 1.66. The van der Waals surface area contributed by atoms with Gasteiger partial charge in [0.25, 0.3) is 5.91 Å². The molecular formula is C16H17NO3S. The number of aryl methyl sites for hydroxylation is 2. The minimum atomic E-state index is -1.63. The second-order valence-electron chi connectivity index (χ2n) is 4.72. The second kappa shape index (κ2) is 7.15. The van der Waals surface area contributed by atoms with Crippen LogP contribution in [0.15, 0.2) is 53.4 Å². The van der Waals surface area contributed by atoms with Crippen LogP contribution in [0.2, 0.25) is 0 Å². The van der Waals surface area contributed by atoms with E-state index < -0.39 is 11.1 Å². The summed E-state index contributed by atoms with van der Waals surface area (Å²) < 4.78 is 17.0. The number of nitrogens with one attached hydrogen (secondary N) is 1. The number of carbonyl (C=O) groups is 1. The smallest absolute Gasteiger partial charge is 0.251 e. The topological polar surface area (TPSA) is 55.4 Å². The highest BCUT2D eigenvalue weighted by atomic mass is 32.2. The van der Waals surface area contributed by atoms with Gasteiger partial charge >= 0.3 is 0 Å². The zero-order valence-corrected chi connectivity index (χ0v) is 12.8. The first kappa shape index (κ1) is 15.4. The van der Waals surface area contributed by atoms with Gasteiger partial charge in [-0.2, -0.15) is 0 Å². The van der Waals surface area contributed by atoms with Crippen LogP contribution < -0.4 is 5.32 Å². The van der Waals surface area contributed by atoms with E-state index in [0.29, 0.717) is 10.6 Å². The largest absolute Gasteiger partial charge is 0.324 e. The monoisotopic (exact) mass is 303 g/mol. The Morgan fingerprint density at radius 2 is 1.52 bits per heavy atom. The van der Waals surface area contributed by atoms with Crippen LogP contribution in [0.25, 0.3) is 0 Å². The van der Waals surface area contributed by atoms with Crippen LogP contribution in [0, 0.1) is 13.8 Å². The summed E-state index contributed by atoms with van der Waals surface area (Å²) in [6, 6.07) is 14.6. The molecule has 2 aromatic carbocycles. The first-order valence-corrected chi connectivity index (χ1v) is 7.60. The summed E-state index contributed by atoms with van der Waals surface area (Å²) in [5.41, 5.74) is 2.88. The number of anilines is 1. The Bertz CT molecular complexity index is 636. The molecule has 1 N–H and O–H groups in total. The van der Waals surface area contributed by atoms with Crippen LogP contribution in [0.4, 0.5) is 5.69 Å². The van der Waals surface area contributed by atoms with Gasteiger partial charge in [-0.25, -0.2) is 4.21 Å². The lowest BCUT2D eigenvalue weighted by atomic mass is 10.2. The Labute approximate surface area is 126 Å². The Morgan fingerprint density at radius 1 is 1.00 bits per heavy atom. The number of hydrogen-bond acceptors (Lipinski definition) is 3.